The summed E-state index contributed by atoms with van der Waals surface area (Å²) in [5.74, 6) is -0.0549. The molecule has 0 N–H and O–H groups in total. The Morgan fingerprint density at radius 3 is 2.72 bits per heavy atom. The van der Waals surface area contributed by atoms with E-state index in [0.717, 1.165) is 0 Å². The van der Waals surface area contributed by atoms with Crippen LogP contribution in [0.2, 0.25) is 5.02 Å². The van der Waals surface area contributed by atoms with E-state index < -0.39 is 0 Å². The number of halogens is 2. The van der Waals surface area contributed by atoms with Gasteiger partial charge in [0.05, 0.1) is 28.6 Å². The number of nitrogens with zero attached hydrogens (tertiary/aromatic N) is 3. The molecule has 6 nitrogen and oxygen atoms in total. The lowest BCUT2D eigenvalue weighted by Gasteiger charge is -2.25. The fourth-order valence-corrected chi connectivity index (χ4v) is 4.84. The highest BCUT2D eigenvalue weighted by Crippen LogP contribution is 2.35. The predicted molar refractivity (Wildman–Crippen MR) is 122 cm³/mol. The van der Waals surface area contributed by atoms with E-state index in [1.54, 1.807) is 29.2 Å². The number of benzene rings is 2. The van der Waals surface area contributed by atoms with Crippen LogP contribution in [0.15, 0.2) is 46.9 Å². The van der Waals surface area contributed by atoms with E-state index in [4.69, 9.17) is 20.8 Å². The van der Waals surface area contributed by atoms with Crippen LogP contribution in [-0.2, 0) is 17.9 Å². The molecule has 2 heterocycles. The minimum Gasteiger partial charge on any atom is -0.419 e. The Kier molecular flexibility index (Phi) is 6.55. The highest BCUT2D eigenvalue weighted by atomic mass is 35.5. The maximum absolute atomic E-state index is 14.5. The Balaban J connectivity index is 1.67. The average Bonchev–Trinajstić information content (AvgIpc) is 3.38. The average molecular weight is 474 g/mol. The number of methoxy groups -OCH3 is 1. The summed E-state index contributed by atoms with van der Waals surface area (Å²) in [5, 5.41) is 9.09. The normalized spacial score (nSPS) is 11.4. The zero-order chi connectivity index (χ0) is 22.8. The predicted octanol–water partition coefficient (Wildman–Crippen LogP) is 5.94. The molecule has 32 heavy (non-hydrogen) atoms. The third kappa shape index (κ3) is 4.26. The van der Waals surface area contributed by atoms with Gasteiger partial charge < -0.3 is 14.1 Å². The van der Waals surface area contributed by atoms with Gasteiger partial charge in [0.1, 0.15) is 5.82 Å². The monoisotopic (exact) mass is 473 g/mol. The highest BCUT2D eigenvalue weighted by Gasteiger charge is 2.28. The Labute approximate surface area is 193 Å². The number of ether oxygens (including phenoxy) is 1. The molecule has 0 unspecified atom stereocenters. The van der Waals surface area contributed by atoms with Crippen molar-refractivity contribution in [1.82, 2.24) is 15.1 Å². The van der Waals surface area contributed by atoms with Crippen LogP contribution in [0.4, 0.5) is 4.39 Å². The second-order valence-electron chi connectivity index (χ2n) is 7.46. The van der Waals surface area contributed by atoms with E-state index >= 15 is 0 Å². The molecule has 0 atom stereocenters. The molecule has 2 aromatic carbocycles. The molecule has 166 valence electrons. The molecule has 9 heteroatoms. The summed E-state index contributed by atoms with van der Waals surface area (Å²) in [6.07, 6.45) is 0. The topological polar surface area (TPSA) is 68.5 Å². The summed E-state index contributed by atoms with van der Waals surface area (Å²) in [6, 6.07) is 11.8. The number of carbonyl (C=O) groups excluding carboxylic acids is 1. The van der Waals surface area contributed by atoms with Crippen molar-refractivity contribution in [2.75, 3.05) is 7.11 Å². The molecule has 0 aliphatic carbocycles. The largest absolute Gasteiger partial charge is 0.419 e. The standard InChI is InChI=1S/C23H21ClFN3O3S/c1-13(2)28(11-19-26-27-22(31-19)14-7-4-5-8-16(14)24)23(29)21-15(12-30-3)20-17(25)9-6-10-18(20)32-21/h4-10,13H,11-12H2,1-3H3. The van der Waals surface area contributed by atoms with E-state index in [0.29, 0.717) is 31.1 Å². The molecule has 2 aromatic heterocycles. The van der Waals surface area contributed by atoms with Crippen LogP contribution >= 0.6 is 22.9 Å². The van der Waals surface area contributed by atoms with Crippen molar-refractivity contribution < 1.29 is 18.3 Å². The molecule has 0 bridgehead atoms. The van der Waals surface area contributed by atoms with Crippen LogP contribution in [0, 0.1) is 5.82 Å². The quantitative estimate of drug-likeness (QED) is 0.332. The number of rotatable bonds is 7. The van der Waals surface area contributed by atoms with Gasteiger partial charge in [-0.05, 0) is 38.1 Å². The maximum Gasteiger partial charge on any atom is 0.265 e. The summed E-state index contributed by atoms with van der Waals surface area (Å²) in [4.78, 5) is 15.6. The number of aromatic nitrogens is 2. The lowest BCUT2D eigenvalue weighted by atomic mass is 10.1. The summed E-state index contributed by atoms with van der Waals surface area (Å²) >= 11 is 7.47. The number of carbonyl (C=O) groups is 1. The number of fused-ring (bicyclic) bond motifs is 1. The van der Waals surface area contributed by atoms with Crippen LogP contribution in [0.1, 0.15) is 35.0 Å². The highest BCUT2D eigenvalue weighted by molar-refractivity contribution is 7.21. The zero-order valence-corrected chi connectivity index (χ0v) is 19.3. The second kappa shape index (κ2) is 9.36. The van der Waals surface area contributed by atoms with Crippen molar-refractivity contribution in [3.05, 3.63) is 69.6 Å². The van der Waals surface area contributed by atoms with Crippen LogP contribution in [0.25, 0.3) is 21.5 Å². The third-order valence-corrected chi connectivity index (χ3v) is 6.52. The third-order valence-electron chi connectivity index (χ3n) is 5.01. The first-order valence-electron chi connectivity index (χ1n) is 9.97. The van der Waals surface area contributed by atoms with Gasteiger partial charge in [-0.1, -0.05) is 29.8 Å². The van der Waals surface area contributed by atoms with E-state index in [1.807, 2.05) is 26.0 Å². The van der Waals surface area contributed by atoms with E-state index in [9.17, 15) is 9.18 Å². The van der Waals surface area contributed by atoms with Gasteiger partial charge in [-0.25, -0.2) is 4.39 Å². The van der Waals surface area contributed by atoms with Gasteiger partial charge in [0, 0.05) is 28.8 Å². The van der Waals surface area contributed by atoms with Crippen LogP contribution in [0.3, 0.4) is 0 Å². The Bertz CT molecular complexity index is 1270. The fourth-order valence-electron chi connectivity index (χ4n) is 3.45. The van der Waals surface area contributed by atoms with Gasteiger partial charge in [0.2, 0.25) is 11.8 Å². The first-order valence-corrected chi connectivity index (χ1v) is 11.2. The molecule has 0 saturated heterocycles. The lowest BCUT2D eigenvalue weighted by Crippen LogP contribution is -2.36. The van der Waals surface area contributed by atoms with Crippen LogP contribution in [-0.4, -0.2) is 34.2 Å². The molecular weight excluding hydrogens is 453 g/mol. The minimum absolute atomic E-state index is 0.108. The van der Waals surface area contributed by atoms with Crippen molar-refractivity contribution >= 4 is 38.9 Å². The van der Waals surface area contributed by atoms with Crippen molar-refractivity contribution in [3.63, 3.8) is 0 Å². The summed E-state index contributed by atoms with van der Waals surface area (Å²) in [6.45, 7) is 4.03. The Morgan fingerprint density at radius 2 is 2.00 bits per heavy atom. The Morgan fingerprint density at radius 1 is 1.22 bits per heavy atom. The molecule has 0 aliphatic rings. The summed E-state index contributed by atoms with van der Waals surface area (Å²) < 4.78 is 26.3. The van der Waals surface area contributed by atoms with Gasteiger partial charge in [0.15, 0.2) is 0 Å². The molecule has 4 aromatic rings. The first kappa shape index (κ1) is 22.4. The number of hydrogen-bond donors (Lipinski definition) is 0. The second-order valence-corrected chi connectivity index (χ2v) is 8.92. The molecule has 1 amide bonds. The van der Waals surface area contributed by atoms with Crippen molar-refractivity contribution in [2.45, 2.75) is 33.0 Å². The van der Waals surface area contributed by atoms with E-state index in [2.05, 4.69) is 10.2 Å². The van der Waals surface area contributed by atoms with Crippen molar-refractivity contribution in [3.8, 4) is 11.5 Å². The smallest absolute Gasteiger partial charge is 0.265 e. The van der Waals surface area contributed by atoms with Crippen molar-refractivity contribution in [2.24, 2.45) is 0 Å². The number of hydrogen-bond acceptors (Lipinski definition) is 6. The molecule has 4 rings (SSSR count). The van der Waals surface area contributed by atoms with Crippen molar-refractivity contribution in [1.29, 1.82) is 0 Å². The van der Waals surface area contributed by atoms with E-state index in [1.165, 1.54) is 24.5 Å². The summed E-state index contributed by atoms with van der Waals surface area (Å²) in [5.41, 5.74) is 1.17. The lowest BCUT2D eigenvalue weighted by molar-refractivity contribution is 0.0673. The van der Waals surface area contributed by atoms with Gasteiger partial charge >= 0.3 is 0 Å². The molecule has 0 aliphatic heterocycles. The number of thiophene rings is 1. The fraction of sp³-hybridized carbons (Fsp3) is 0.261. The van der Waals surface area contributed by atoms with Crippen LogP contribution < -0.4 is 0 Å². The van der Waals surface area contributed by atoms with E-state index in [-0.39, 0.29) is 42.7 Å². The molecule has 0 saturated carbocycles. The van der Waals surface area contributed by atoms with Gasteiger partial charge in [0.25, 0.3) is 5.91 Å². The Hall–Kier alpha value is -2.81. The first-order chi connectivity index (χ1) is 15.4. The van der Waals surface area contributed by atoms with Gasteiger partial charge in [-0.3, -0.25) is 4.79 Å². The molecule has 0 radical (unpaired) electrons. The number of amides is 1. The molecule has 0 spiro atoms. The van der Waals surface area contributed by atoms with Crippen LogP contribution in [0.5, 0.6) is 0 Å². The van der Waals surface area contributed by atoms with Gasteiger partial charge in [-0.15, -0.1) is 21.5 Å². The SMILES string of the molecule is COCc1c(C(=O)N(Cc2nnc(-c3ccccc3Cl)o2)C(C)C)sc2cccc(F)c12. The molecular formula is C23H21ClFN3O3S. The maximum atomic E-state index is 14.5. The zero-order valence-electron chi connectivity index (χ0n) is 17.8. The summed E-state index contributed by atoms with van der Waals surface area (Å²) in [7, 11) is 1.52. The minimum atomic E-state index is -0.373. The molecule has 0 fully saturated rings. The van der Waals surface area contributed by atoms with Gasteiger partial charge in [-0.2, -0.15) is 0 Å².